The second kappa shape index (κ2) is 2.23. The number of primary amides is 1. The SMILES string of the molecule is CC1(C(N)=O)CCCC1N. The van der Waals surface area contributed by atoms with Crippen molar-refractivity contribution in [2.75, 3.05) is 0 Å². The number of carbonyl (C=O) groups is 1. The maximum absolute atomic E-state index is 10.9. The topological polar surface area (TPSA) is 69.1 Å². The van der Waals surface area contributed by atoms with Crippen LogP contribution in [-0.2, 0) is 4.79 Å². The predicted molar refractivity (Wildman–Crippen MR) is 39.1 cm³/mol. The minimum absolute atomic E-state index is 0.0231. The molecule has 1 fully saturated rings. The van der Waals surface area contributed by atoms with Gasteiger partial charge in [0, 0.05) is 6.04 Å². The zero-order chi connectivity index (χ0) is 7.78. The van der Waals surface area contributed by atoms with Gasteiger partial charge in [-0.05, 0) is 19.8 Å². The number of rotatable bonds is 1. The van der Waals surface area contributed by atoms with Crippen molar-refractivity contribution in [2.45, 2.75) is 32.2 Å². The Kier molecular flexibility index (Phi) is 1.68. The quantitative estimate of drug-likeness (QED) is 0.540. The van der Waals surface area contributed by atoms with Gasteiger partial charge in [0.25, 0.3) is 0 Å². The van der Waals surface area contributed by atoms with Gasteiger partial charge in [0.15, 0.2) is 0 Å². The fourth-order valence-corrected chi connectivity index (χ4v) is 1.50. The molecule has 3 heteroatoms. The van der Waals surface area contributed by atoms with Gasteiger partial charge < -0.3 is 11.5 Å². The second-order valence-corrected chi connectivity index (χ2v) is 3.28. The first-order valence-electron chi connectivity index (χ1n) is 3.63. The number of amides is 1. The molecule has 0 aromatic rings. The van der Waals surface area contributed by atoms with Crippen LogP contribution in [0.15, 0.2) is 0 Å². The van der Waals surface area contributed by atoms with Crippen molar-refractivity contribution in [1.29, 1.82) is 0 Å². The van der Waals surface area contributed by atoms with E-state index < -0.39 is 5.41 Å². The third-order valence-electron chi connectivity index (χ3n) is 2.59. The molecule has 0 heterocycles. The van der Waals surface area contributed by atoms with E-state index in [-0.39, 0.29) is 11.9 Å². The zero-order valence-electron chi connectivity index (χ0n) is 6.26. The summed E-state index contributed by atoms with van der Waals surface area (Å²) in [7, 11) is 0. The summed E-state index contributed by atoms with van der Waals surface area (Å²) in [5.74, 6) is -0.252. The van der Waals surface area contributed by atoms with Crippen LogP contribution in [-0.4, -0.2) is 11.9 Å². The molecule has 1 rings (SSSR count). The Balaban J connectivity index is 2.75. The number of hydrogen-bond donors (Lipinski definition) is 2. The molecule has 1 aliphatic rings. The Morgan fingerprint density at radius 1 is 1.70 bits per heavy atom. The Hall–Kier alpha value is -0.570. The van der Waals surface area contributed by atoms with E-state index in [0.717, 1.165) is 19.3 Å². The van der Waals surface area contributed by atoms with Crippen LogP contribution in [0, 0.1) is 5.41 Å². The maximum atomic E-state index is 10.9. The van der Waals surface area contributed by atoms with E-state index >= 15 is 0 Å². The highest BCUT2D eigenvalue weighted by atomic mass is 16.1. The lowest BCUT2D eigenvalue weighted by Gasteiger charge is -2.24. The van der Waals surface area contributed by atoms with Gasteiger partial charge in [-0.3, -0.25) is 4.79 Å². The van der Waals surface area contributed by atoms with Gasteiger partial charge >= 0.3 is 0 Å². The highest BCUT2D eigenvalue weighted by Crippen LogP contribution is 2.35. The molecule has 0 bridgehead atoms. The number of hydrogen-bond acceptors (Lipinski definition) is 2. The van der Waals surface area contributed by atoms with Crippen LogP contribution in [0.25, 0.3) is 0 Å². The van der Waals surface area contributed by atoms with Crippen molar-refractivity contribution in [3.8, 4) is 0 Å². The highest BCUT2D eigenvalue weighted by molar-refractivity contribution is 5.81. The van der Waals surface area contributed by atoms with E-state index in [1.165, 1.54) is 0 Å². The van der Waals surface area contributed by atoms with Crippen molar-refractivity contribution < 1.29 is 4.79 Å². The molecule has 1 amide bonds. The number of nitrogens with two attached hydrogens (primary N) is 2. The van der Waals surface area contributed by atoms with Gasteiger partial charge in [0.2, 0.25) is 5.91 Å². The molecule has 0 aliphatic heterocycles. The summed E-state index contributed by atoms with van der Waals surface area (Å²) in [5, 5.41) is 0. The summed E-state index contributed by atoms with van der Waals surface area (Å²) in [5.41, 5.74) is 10.5. The van der Waals surface area contributed by atoms with Gasteiger partial charge in [-0.15, -0.1) is 0 Å². The van der Waals surface area contributed by atoms with Crippen molar-refractivity contribution in [1.82, 2.24) is 0 Å². The highest BCUT2D eigenvalue weighted by Gasteiger charge is 2.41. The Bertz CT molecular complexity index is 158. The first-order chi connectivity index (χ1) is 4.57. The van der Waals surface area contributed by atoms with E-state index in [2.05, 4.69) is 0 Å². The largest absolute Gasteiger partial charge is 0.369 e. The van der Waals surface area contributed by atoms with E-state index in [1.54, 1.807) is 0 Å². The number of carbonyl (C=O) groups excluding carboxylic acids is 1. The van der Waals surface area contributed by atoms with Gasteiger partial charge in [-0.1, -0.05) is 6.42 Å². The van der Waals surface area contributed by atoms with E-state index in [4.69, 9.17) is 11.5 Å². The summed E-state index contributed by atoms with van der Waals surface area (Å²) < 4.78 is 0. The van der Waals surface area contributed by atoms with Gasteiger partial charge in [0.1, 0.15) is 0 Å². The van der Waals surface area contributed by atoms with Crippen LogP contribution < -0.4 is 11.5 Å². The van der Waals surface area contributed by atoms with Crippen LogP contribution in [0.2, 0.25) is 0 Å². The predicted octanol–water partition coefficient (Wildman–Crippen LogP) is -0.0108. The molecule has 2 unspecified atom stereocenters. The van der Waals surface area contributed by atoms with Gasteiger partial charge in [0.05, 0.1) is 5.41 Å². The summed E-state index contributed by atoms with van der Waals surface area (Å²) in [6.07, 6.45) is 2.81. The molecular weight excluding hydrogens is 128 g/mol. The second-order valence-electron chi connectivity index (χ2n) is 3.28. The Labute approximate surface area is 60.8 Å². The zero-order valence-corrected chi connectivity index (χ0v) is 6.26. The molecule has 4 N–H and O–H groups in total. The van der Waals surface area contributed by atoms with Gasteiger partial charge in [-0.2, -0.15) is 0 Å². The molecular formula is C7H14N2O. The molecule has 3 nitrogen and oxygen atoms in total. The van der Waals surface area contributed by atoms with Crippen LogP contribution >= 0.6 is 0 Å². The standard InChI is InChI=1S/C7H14N2O/c1-7(6(9)10)4-2-3-5(7)8/h5H,2-4,8H2,1H3,(H2,9,10). The monoisotopic (exact) mass is 142 g/mol. The van der Waals surface area contributed by atoms with Crippen molar-refractivity contribution in [3.05, 3.63) is 0 Å². The minimum atomic E-state index is -0.431. The van der Waals surface area contributed by atoms with Crippen molar-refractivity contribution >= 4 is 5.91 Å². The first kappa shape index (κ1) is 7.54. The minimum Gasteiger partial charge on any atom is -0.369 e. The molecule has 1 aliphatic carbocycles. The molecule has 0 saturated heterocycles. The molecule has 2 atom stereocenters. The lowest BCUT2D eigenvalue weighted by atomic mass is 9.85. The smallest absolute Gasteiger partial charge is 0.224 e. The Morgan fingerprint density at radius 3 is 2.50 bits per heavy atom. The lowest BCUT2D eigenvalue weighted by Crippen LogP contribution is -2.44. The molecule has 10 heavy (non-hydrogen) atoms. The summed E-state index contributed by atoms with van der Waals surface area (Å²) >= 11 is 0. The Morgan fingerprint density at radius 2 is 2.30 bits per heavy atom. The fraction of sp³-hybridized carbons (Fsp3) is 0.857. The normalized spacial score (nSPS) is 40.0. The first-order valence-corrected chi connectivity index (χ1v) is 3.63. The molecule has 0 aromatic carbocycles. The van der Waals surface area contributed by atoms with Crippen LogP contribution in [0.3, 0.4) is 0 Å². The summed E-state index contributed by atoms with van der Waals surface area (Å²) in [6.45, 7) is 1.85. The molecule has 0 aromatic heterocycles. The van der Waals surface area contributed by atoms with E-state index in [0.29, 0.717) is 0 Å². The van der Waals surface area contributed by atoms with Crippen LogP contribution in [0.4, 0.5) is 0 Å². The van der Waals surface area contributed by atoms with E-state index in [9.17, 15) is 4.79 Å². The van der Waals surface area contributed by atoms with Crippen molar-refractivity contribution in [3.63, 3.8) is 0 Å². The maximum Gasteiger partial charge on any atom is 0.224 e. The lowest BCUT2D eigenvalue weighted by molar-refractivity contribution is -0.127. The van der Waals surface area contributed by atoms with E-state index in [1.807, 2.05) is 6.92 Å². The average molecular weight is 142 g/mol. The third kappa shape index (κ3) is 0.904. The third-order valence-corrected chi connectivity index (χ3v) is 2.59. The molecule has 1 saturated carbocycles. The van der Waals surface area contributed by atoms with Gasteiger partial charge in [-0.25, -0.2) is 0 Å². The molecule has 58 valence electrons. The molecule has 0 radical (unpaired) electrons. The van der Waals surface area contributed by atoms with Crippen molar-refractivity contribution in [2.24, 2.45) is 16.9 Å². The fourth-order valence-electron chi connectivity index (χ4n) is 1.50. The van der Waals surface area contributed by atoms with Crippen LogP contribution in [0.1, 0.15) is 26.2 Å². The average Bonchev–Trinajstić information content (AvgIpc) is 2.15. The molecule has 0 spiro atoms. The summed E-state index contributed by atoms with van der Waals surface area (Å²) in [6, 6.07) is -0.0231. The summed E-state index contributed by atoms with van der Waals surface area (Å²) in [4.78, 5) is 10.9. The van der Waals surface area contributed by atoms with Crippen LogP contribution in [0.5, 0.6) is 0 Å².